The Labute approximate surface area is 509 Å². The van der Waals surface area contributed by atoms with Crippen molar-refractivity contribution in [3.05, 3.63) is 97.2 Å². The molecule has 0 aliphatic carbocycles. The van der Waals surface area contributed by atoms with Gasteiger partial charge in [-0.3, -0.25) is 9.36 Å². The molecule has 0 rings (SSSR count). The molecule has 0 saturated heterocycles. The lowest BCUT2D eigenvalue weighted by atomic mass is 10.0. The molecule has 476 valence electrons. The first-order valence-electron chi connectivity index (χ1n) is 34.6. The molecule has 0 aliphatic heterocycles. The number of carbonyl (C=O) groups is 1. The van der Waals surface area contributed by atoms with Gasteiger partial charge >= 0.3 is 0 Å². The molecule has 0 saturated carbocycles. The lowest BCUT2D eigenvalue weighted by Gasteiger charge is -2.29. The Hall–Kier alpha value is -2.58. The number of phosphoric acid groups is 1. The van der Waals surface area contributed by atoms with Crippen molar-refractivity contribution in [2.24, 2.45) is 0 Å². The number of quaternary nitrogens is 1. The lowest BCUT2D eigenvalue weighted by molar-refractivity contribution is -0.870. The number of hydrogen-bond acceptors (Lipinski definition) is 6. The molecule has 9 heteroatoms. The fourth-order valence-electron chi connectivity index (χ4n) is 9.92. The summed E-state index contributed by atoms with van der Waals surface area (Å²) in [4.78, 5) is 25.6. The van der Waals surface area contributed by atoms with E-state index in [1.165, 1.54) is 212 Å². The third-order valence-electron chi connectivity index (χ3n) is 15.3. The third-order valence-corrected chi connectivity index (χ3v) is 16.2. The van der Waals surface area contributed by atoms with Gasteiger partial charge in [0.2, 0.25) is 5.91 Å². The normalized spacial score (nSPS) is 14.3. The third kappa shape index (κ3) is 65.0. The highest BCUT2D eigenvalue weighted by Gasteiger charge is 2.23. The number of unbranched alkanes of at least 4 members (excludes halogenated alkanes) is 36. The second-order valence-electron chi connectivity index (χ2n) is 24.5. The van der Waals surface area contributed by atoms with E-state index in [2.05, 4.69) is 104 Å². The maximum absolute atomic E-state index is 13.0. The topological polar surface area (TPSA) is 108 Å². The molecule has 0 aromatic heterocycles. The van der Waals surface area contributed by atoms with Crippen LogP contribution in [0.4, 0.5) is 0 Å². The van der Waals surface area contributed by atoms with Gasteiger partial charge in [0.05, 0.1) is 39.9 Å². The van der Waals surface area contributed by atoms with Gasteiger partial charge in [-0.05, 0) is 89.9 Å². The monoisotopic (exact) mass is 1160 g/mol. The highest BCUT2D eigenvalue weighted by molar-refractivity contribution is 7.45. The second-order valence-corrected chi connectivity index (χ2v) is 25.9. The van der Waals surface area contributed by atoms with Gasteiger partial charge in [-0.15, -0.1) is 0 Å². The number of nitrogens with zero attached hydrogens (tertiary/aromatic N) is 1. The van der Waals surface area contributed by atoms with Crippen molar-refractivity contribution in [3.8, 4) is 0 Å². The van der Waals surface area contributed by atoms with Crippen LogP contribution in [0.3, 0.4) is 0 Å². The van der Waals surface area contributed by atoms with E-state index < -0.39 is 26.6 Å². The molecule has 0 aromatic rings. The van der Waals surface area contributed by atoms with Crippen molar-refractivity contribution in [2.45, 2.75) is 321 Å². The number of nitrogens with one attached hydrogen (secondary N) is 1. The zero-order valence-corrected chi connectivity index (χ0v) is 55.3. The standard InChI is InChI=1S/C73H133N2O6P/c1-6-8-10-12-14-16-18-20-22-24-26-28-30-32-34-35-36-37-38-39-41-43-45-47-49-51-53-55-57-59-61-63-65-67-73(77)74-71(70-81-82(78,79)80-69-68-75(3,4)5)72(76)66-64-62-60-58-56-54-52-50-48-46-44-42-40-33-31-29-27-25-23-21-19-17-15-13-11-9-7-2/h8,10,14,16,20,22,26,28,32,34,48,50,56,58,64,66,71-72,76H,6-7,9,11-13,15,17-19,21,23-25,27,29-31,33,35-47,49,51-55,57,59-63,65,67-70H2,1-5H3,(H-,74,77,78,79)/b10-8-,16-14-,22-20-,28-26-,34-32-,50-48+,58-56+,66-64+. The summed E-state index contributed by atoms with van der Waals surface area (Å²) in [5.41, 5.74) is 0. The van der Waals surface area contributed by atoms with E-state index in [-0.39, 0.29) is 12.5 Å². The van der Waals surface area contributed by atoms with Crippen molar-refractivity contribution >= 4 is 13.7 Å². The van der Waals surface area contributed by atoms with Crippen LogP contribution in [-0.2, 0) is 18.4 Å². The number of allylic oxidation sites excluding steroid dienone is 15. The van der Waals surface area contributed by atoms with E-state index in [1.807, 2.05) is 27.2 Å². The van der Waals surface area contributed by atoms with Gasteiger partial charge in [0.15, 0.2) is 0 Å². The van der Waals surface area contributed by atoms with Crippen molar-refractivity contribution in [3.63, 3.8) is 0 Å². The van der Waals surface area contributed by atoms with Crippen LogP contribution in [0.1, 0.15) is 309 Å². The van der Waals surface area contributed by atoms with Crippen LogP contribution in [-0.4, -0.2) is 68.5 Å². The average molecular weight is 1170 g/mol. The van der Waals surface area contributed by atoms with Crippen LogP contribution in [0.15, 0.2) is 97.2 Å². The smallest absolute Gasteiger partial charge is 0.268 e. The summed E-state index contributed by atoms with van der Waals surface area (Å²) in [5.74, 6) is -0.210. The number of aliphatic hydroxyl groups is 1. The van der Waals surface area contributed by atoms with Gasteiger partial charge in [-0.2, -0.15) is 0 Å². The number of amides is 1. The number of hydrogen-bond donors (Lipinski definition) is 2. The SMILES string of the molecule is CC/C=C\C/C=C\C/C=C\C/C=C\C/C=C\CCCCCCCCCCCCCCCCCCCC(=O)NC(COP(=O)([O-])OCC[N+](C)(C)C)C(O)/C=C/CC/C=C/CC/C=C/CCCCCCCCCCCCCCCCCCC. The van der Waals surface area contributed by atoms with Gasteiger partial charge in [-0.25, -0.2) is 0 Å². The van der Waals surface area contributed by atoms with Crippen molar-refractivity contribution in [2.75, 3.05) is 40.9 Å². The number of phosphoric ester groups is 1. The molecule has 0 aliphatic rings. The molecule has 0 spiro atoms. The van der Waals surface area contributed by atoms with Gasteiger partial charge in [-0.1, -0.05) is 310 Å². The average Bonchev–Trinajstić information content (AvgIpc) is 3.47. The summed E-state index contributed by atoms with van der Waals surface area (Å²) in [6.45, 7) is 4.54. The van der Waals surface area contributed by atoms with E-state index in [9.17, 15) is 19.4 Å². The summed E-state index contributed by atoms with van der Waals surface area (Å²) in [6.07, 6.45) is 91.0. The molecular weight excluding hydrogens is 1030 g/mol. The Morgan fingerprint density at radius 1 is 0.439 bits per heavy atom. The van der Waals surface area contributed by atoms with Gasteiger partial charge in [0.1, 0.15) is 13.2 Å². The van der Waals surface area contributed by atoms with Crippen LogP contribution >= 0.6 is 7.82 Å². The van der Waals surface area contributed by atoms with Crippen molar-refractivity contribution in [1.82, 2.24) is 5.32 Å². The first-order valence-corrected chi connectivity index (χ1v) is 36.1. The zero-order chi connectivity index (χ0) is 59.8. The van der Waals surface area contributed by atoms with E-state index in [4.69, 9.17) is 9.05 Å². The zero-order valence-electron chi connectivity index (χ0n) is 54.4. The fourth-order valence-corrected chi connectivity index (χ4v) is 10.6. The van der Waals surface area contributed by atoms with E-state index >= 15 is 0 Å². The summed E-state index contributed by atoms with van der Waals surface area (Å²) in [7, 11) is 1.24. The van der Waals surface area contributed by atoms with Gasteiger partial charge in [0.25, 0.3) is 7.82 Å². The number of likely N-dealkylation sites (N-methyl/N-ethyl adjacent to an activating group) is 1. The molecule has 1 amide bonds. The first-order chi connectivity index (χ1) is 40.0. The lowest BCUT2D eigenvalue weighted by Crippen LogP contribution is -2.45. The molecule has 2 N–H and O–H groups in total. The Bertz CT molecular complexity index is 1660. The van der Waals surface area contributed by atoms with Crippen LogP contribution < -0.4 is 10.2 Å². The van der Waals surface area contributed by atoms with Crippen LogP contribution in [0.25, 0.3) is 0 Å². The molecule has 82 heavy (non-hydrogen) atoms. The largest absolute Gasteiger partial charge is 0.756 e. The fraction of sp³-hybridized carbons (Fsp3) is 0.767. The Morgan fingerprint density at radius 3 is 1.13 bits per heavy atom. The van der Waals surface area contributed by atoms with Crippen molar-refractivity contribution < 1.29 is 32.9 Å². The Balaban J connectivity index is 4.13. The molecule has 0 aromatic carbocycles. The van der Waals surface area contributed by atoms with Crippen LogP contribution in [0.5, 0.6) is 0 Å². The molecule has 8 nitrogen and oxygen atoms in total. The Morgan fingerprint density at radius 2 is 0.756 bits per heavy atom. The van der Waals surface area contributed by atoms with E-state index in [1.54, 1.807) is 6.08 Å². The number of carbonyl (C=O) groups excluding carboxylic acids is 1. The molecular formula is C73H133N2O6P. The van der Waals surface area contributed by atoms with Crippen molar-refractivity contribution in [1.29, 1.82) is 0 Å². The maximum Gasteiger partial charge on any atom is 0.268 e. The quantitative estimate of drug-likeness (QED) is 0.0272. The van der Waals surface area contributed by atoms with Crippen LogP contribution in [0, 0.1) is 0 Å². The highest BCUT2D eigenvalue weighted by Crippen LogP contribution is 2.38. The van der Waals surface area contributed by atoms with E-state index in [0.717, 1.165) is 77.0 Å². The predicted octanol–water partition coefficient (Wildman–Crippen LogP) is 21.5. The first kappa shape index (κ1) is 79.4. The molecule has 0 radical (unpaired) electrons. The van der Waals surface area contributed by atoms with Crippen LogP contribution in [0.2, 0.25) is 0 Å². The minimum absolute atomic E-state index is 0.0114. The molecule has 3 unspecified atom stereocenters. The van der Waals surface area contributed by atoms with Gasteiger partial charge in [0, 0.05) is 6.42 Å². The molecule has 3 atom stereocenters. The molecule has 0 bridgehead atoms. The minimum Gasteiger partial charge on any atom is -0.756 e. The summed E-state index contributed by atoms with van der Waals surface area (Å²) in [6, 6.07) is -0.916. The second kappa shape index (κ2) is 62.9. The Kier molecular flexibility index (Phi) is 61.0. The predicted molar refractivity (Wildman–Crippen MR) is 357 cm³/mol. The number of aliphatic hydroxyl groups excluding tert-OH is 1. The van der Waals surface area contributed by atoms with E-state index in [0.29, 0.717) is 17.4 Å². The highest BCUT2D eigenvalue weighted by atomic mass is 31.2. The van der Waals surface area contributed by atoms with Gasteiger partial charge < -0.3 is 28.8 Å². The summed E-state index contributed by atoms with van der Waals surface area (Å²) >= 11 is 0. The summed E-state index contributed by atoms with van der Waals surface area (Å²) in [5, 5.41) is 13.9. The molecule has 0 fully saturated rings. The summed E-state index contributed by atoms with van der Waals surface area (Å²) < 4.78 is 23.4. The maximum atomic E-state index is 13.0. The minimum atomic E-state index is -4.62. The molecule has 0 heterocycles. The number of rotatable bonds is 63.